The van der Waals surface area contributed by atoms with Crippen molar-refractivity contribution in [2.24, 2.45) is 0 Å². The smallest absolute Gasteiger partial charge is 0.165 e. The number of nitrogens with one attached hydrogen (secondary N) is 1. The van der Waals surface area contributed by atoms with Crippen molar-refractivity contribution in [3.8, 4) is 11.8 Å². The Morgan fingerprint density at radius 3 is 2.72 bits per heavy atom. The van der Waals surface area contributed by atoms with Gasteiger partial charge < -0.3 is 10.4 Å². The standard InChI is InChI=1S/C13H16FN3O/c1-9(17-6-4-16-5-7-17)12-10(8-15)2-3-11(14)13(12)18/h2-3,9,16,18H,4-7H2,1H3/t9-/m0/s1. The average Bonchev–Trinajstić information content (AvgIpc) is 2.42. The predicted octanol–water partition coefficient (Wildman–Crippen LogP) is 1.37. The third kappa shape index (κ3) is 2.30. The van der Waals surface area contributed by atoms with Crippen LogP contribution in [-0.2, 0) is 0 Å². The summed E-state index contributed by atoms with van der Waals surface area (Å²) in [4.78, 5) is 2.13. The Kier molecular flexibility index (Phi) is 3.80. The maximum atomic E-state index is 13.4. The molecule has 5 heteroatoms. The molecule has 1 aromatic carbocycles. The average molecular weight is 249 g/mol. The molecule has 2 rings (SSSR count). The molecule has 0 amide bonds. The third-order valence-electron chi connectivity index (χ3n) is 3.41. The minimum absolute atomic E-state index is 0.169. The van der Waals surface area contributed by atoms with Crippen LogP contribution in [0.2, 0.25) is 0 Å². The van der Waals surface area contributed by atoms with Gasteiger partial charge in [0, 0.05) is 37.8 Å². The van der Waals surface area contributed by atoms with E-state index < -0.39 is 11.6 Å². The number of rotatable bonds is 2. The van der Waals surface area contributed by atoms with E-state index in [1.54, 1.807) is 0 Å². The van der Waals surface area contributed by atoms with E-state index in [4.69, 9.17) is 5.26 Å². The molecule has 1 atom stereocenters. The number of piperazine rings is 1. The van der Waals surface area contributed by atoms with E-state index in [9.17, 15) is 9.50 Å². The Hall–Kier alpha value is -1.64. The van der Waals surface area contributed by atoms with E-state index in [1.807, 2.05) is 13.0 Å². The summed E-state index contributed by atoms with van der Waals surface area (Å²) in [5.74, 6) is -1.08. The summed E-state index contributed by atoms with van der Waals surface area (Å²) in [5.41, 5.74) is 0.722. The highest BCUT2D eigenvalue weighted by Crippen LogP contribution is 2.33. The largest absolute Gasteiger partial charge is 0.505 e. The number of hydrogen-bond donors (Lipinski definition) is 2. The van der Waals surface area contributed by atoms with Crippen LogP contribution in [0.1, 0.15) is 24.1 Å². The van der Waals surface area contributed by atoms with Crippen LogP contribution in [0.25, 0.3) is 0 Å². The molecule has 0 unspecified atom stereocenters. The van der Waals surface area contributed by atoms with Gasteiger partial charge in [-0.1, -0.05) is 0 Å². The predicted molar refractivity (Wildman–Crippen MR) is 65.6 cm³/mol. The highest BCUT2D eigenvalue weighted by Gasteiger charge is 2.24. The summed E-state index contributed by atoms with van der Waals surface area (Å²) in [6.45, 7) is 5.26. The van der Waals surface area contributed by atoms with Crippen LogP contribution < -0.4 is 5.32 Å². The van der Waals surface area contributed by atoms with Crippen molar-refractivity contribution < 1.29 is 9.50 Å². The van der Waals surface area contributed by atoms with Crippen LogP contribution in [0, 0.1) is 17.1 Å². The lowest BCUT2D eigenvalue weighted by Crippen LogP contribution is -2.44. The third-order valence-corrected chi connectivity index (χ3v) is 3.41. The van der Waals surface area contributed by atoms with Gasteiger partial charge in [0.15, 0.2) is 11.6 Å². The topological polar surface area (TPSA) is 59.3 Å². The highest BCUT2D eigenvalue weighted by molar-refractivity contribution is 5.48. The molecule has 4 nitrogen and oxygen atoms in total. The summed E-state index contributed by atoms with van der Waals surface area (Å²) < 4.78 is 13.4. The zero-order valence-corrected chi connectivity index (χ0v) is 10.3. The molecule has 1 aliphatic heterocycles. The fourth-order valence-electron chi connectivity index (χ4n) is 2.35. The van der Waals surface area contributed by atoms with Gasteiger partial charge in [-0.05, 0) is 19.1 Å². The molecule has 0 radical (unpaired) electrons. The molecule has 0 bridgehead atoms. The van der Waals surface area contributed by atoms with Crippen molar-refractivity contribution in [3.05, 3.63) is 29.1 Å². The quantitative estimate of drug-likeness (QED) is 0.831. The van der Waals surface area contributed by atoms with Crippen LogP contribution in [-0.4, -0.2) is 36.2 Å². The second-order valence-electron chi connectivity index (χ2n) is 4.43. The van der Waals surface area contributed by atoms with Gasteiger partial charge in [0.25, 0.3) is 0 Å². The zero-order valence-electron chi connectivity index (χ0n) is 10.3. The normalized spacial score (nSPS) is 18.3. The molecule has 1 aromatic rings. The second kappa shape index (κ2) is 5.34. The number of phenols is 1. The van der Waals surface area contributed by atoms with E-state index in [0.717, 1.165) is 32.2 Å². The second-order valence-corrected chi connectivity index (χ2v) is 4.43. The molecule has 18 heavy (non-hydrogen) atoms. The van der Waals surface area contributed by atoms with Gasteiger partial charge in [-0.15, -0.1) is 0 Å². The van der Waals surface area contributed by atoms with E-state index >= 15 is 0 Å². The molecule has 0 aromatic heterocycles. The van der Waals surface area contributed by atoms with Crippen molar-refractivity contribution in [3.63, 3.8) is 0 Å². The molecule has 0 saturated carbocycles. The van der Waals surface area contributed by atoms with Crippen molar-refractivity contribution in [2.75, 3.05) is 26.2 Å². The Morgan fingerprint density at radius 2 is 2.11 bits per heavy atom. The number of phenolic OH excluding ortho intramolecular Hbond substituents is 1. The maximum Gasteiger partial charge on any atom is 0.165 e. The fourth-order valence-corrected chi connectivity index (χ4v) is 2.35. The number of nitrogens with zero attached hydrogens (tertiary/aromatic N) is 2. The minimum Gasteiger partial charge on any atom is -0.505 e. The molecule has 1 aliphatic rings. The van der Waals surface area contributed by atoms with Crippen molar-refractivity contribution in [2.45, 2.75) is 13.0 Å². The molecular formula is C13H16FN3O. The maximum absolute atomic E-state index is 13.4. The molecular weight excluding hydrogens is 233 g/mol. The highest BCUT2D eigenvalue weighted by atomic mass is 19.1. The lowest BCUT2D eigenvalue weighted by molar-refractivity contribution is 0.182. The van der Waals surface area contributed by atoms with Crippen LogP contribution in [0.3, 0.4) is 0 Å². The molecule has 1 heterocycles. The summed E-state index contributed by atoms with van der Waals surface area (Å²) in [6, 6.07) is 4.39. The van der Waals surface area contributed by atoms with E-state index in [1.165, 1.54) is 6.07 Å². The molecule has 1 fully saturated rings. The van der Waals surface area contributed by atoms with Crippen LogP contribution in [0.15, 0.2) is 12.1 Å². The molecule has 0 aliphatic carbocycles. The lowest BCUT2D eigenvalue weighted by atomic mass is 9.99. The molecule has 96 valence electrons. The Morgan fingerprint density at radius 1 is 1.44 bits per heavy atom. The molecule has 0 spiro atoms. The van der Waals surface area contributed by atoms with Gasteiger partial charge in [-0.25, -0.2) is 4.39 Å². The number of halogens is 1. The molecule has 2 N–H and O–H groups in total. The Labute approximate surface area is 106 Å². The van der Waals surface area contributed by atoms with Crippen molar-refractivity contribution in [1.29, 1.82) is 5.26 Å². The van der Waals surface area contributed by atoms with E-state index in [0.29, 0.717) is 11.1 Å². The van der Waals surface area contributed by atoms with Gasteiger partial charge in [0.1, 0.15) is 0 Å². The Bertz CT molecular complexity index is 478. The summed E-state index contributed by atoms with van der Waals surface area (Å²) in [6.07, 6.45) is 0. The van der Waals surface area contributed by atoms with Gasteiger partial charge in [-0.2, -0.15) is 5.26 Å². The first-order chi connectivity index (χ1) is 8.65. The van der Waals surface area contributed by atoms with E-state index in [2.05, 4.69) is 10.2 Å². The summed E-state index contributed by atoms with van der Waals surface area (Å²) in [5, 5.41) is 22.1. The first-order valence-corrected chi connectivity index (χ1v) is 6.01. The zero-order chi connectivity index (χ0) is 13.1. The van der Waals surface area contributed by atoms with Gasteiger partial charge >= 0.3 is 0 Å². The lowest BCUT2D eigenvalue weighted by Gasteiger charge is -2.33. The number of aromatic hydroxyl groups is 1. The van der Waals surface area contributed by atoms with E-state index in [-0.39, 0.29) is 6.04 Å². The monoisotopic (exact) mass is 249 g/mol. The first kappa shape index (κ1) is 12.8. The number of hydrogen-bond acceptors (Lipinski definition) is 4. The minimum atomic E-state index is -0.675. The summed E-state index contributed by atoms with van der Waals surface area (Å²) >= 11 is 0. The van der Waals surface area contributed by atoms with Gasteiger partial charge in [0.2, 0.25) is 0 Å². The summed E-state index contributed by atoms with van der Waals surface area (Å²) in [7, 11) is 0. The number of benzene rings is 1. The molecule has 1 saturated heterocycles. The first-order valence-electron chi connectivity index (χ1n) is 6.01. The van der Waals surface area contributed by atoms with Crippen molar-refractivity contribution in [1.82, 2.24) is 10.2 Å². The van der Waals surface area contributed by atoms with Gasteiger partial charge in [-0.3, -0.25) is 4.90 Å². The van der Waals surface area contributed by atoms with Crippen LogP contribution in [0.5, 0.6) is 5.75 Å². The number of nitriles is 1. The van der Waals surface area contributed by atoms with Gasteiger partial charge in [0.05, 0.1) is 11.6 Å². The van der Waals surface area contributed by atoms with Crippen molar-refractivity contribution >= 4 is 0 Å². The van der Waals surface area contributed by atoms with Crippen LogP contribution in [0.4, 0.5) is 4.39 Å². The van der Waals surface area contributed by atoms with Crippen LogP contribution >= 0.6 is 0 Å². The SMILES string of the molecule is C[C@@H](c1c(C#N)ccc(F)c1O)N1CCNCC1. The Balaban J connectivity index is 2.36. The fraction of sp³-hybridized carbons (Fsp3) is 0.462.